The molecule has 1 aliphatic rings. The molecule has 24 heavy (non-hydrogen) atoms. The predicted octanol–water partition coefficient (Wildman–Crippen LogP) is 2.52. The first-order valence-electron chi connectivity index (χ1n) is 8.37. The Morgan fingerprint density at radius 2 is 2.17 bits per heavy atom. The van der Waals surface area contributed by atoms with Crippen molar-refractivity contribution in [1.82, 2.24) is 10.3 Å². The number of aromatic nitrogens is 1. The van der Waals surface area contributed by atoms with Crippen molar-refractivity contribution in [3.63, 3.8) is 0 Å². The largest absolute Gasteiger partial charge is 0.467 e. The lowest BCUT2D eigenvalue weighted by molar-refractivity contribution is 0.0903. The number of amides is 1. The molecule has 1 saturated heterocycles. The third-order valence-electron chi connectivity index (χ3n) is 4.26. The number of hydrogen-bond donors (Lipinski definition) is 2. The highest BCUT2D eigenvalue weighted by atomic mass is 16.4. The number of aliphatic hydroxyl groups excluding tert-OH is 1. The molecule has 3 heterocycles. The lowest BCUT2D eigenvalue weighted by atomic mass is 10.1. The number of nitrogens with one attached hydrogen (secondary N) is 1. The number of rotatable bonds is 6. The van der Waals surface area contributed by atoms with E-state index in [1.165, 1.54) is 6.26 Å². The highest BCUT2D eigenvalue weighted by Crippen LogP contribution is 2.23. The molecule has 0 saturated carbocycles. The van der Waals surface area contributed by atoms with Crippen molar-refractivity contribution in [2.45, 2.75) is 38.3 Å². The molecule has 2 aromatic rings. The molecule has 128 valence electrons. The SMILES string of the molecule is CC(CC(O)c1ccco1)NC(=O)c1cccnc1N1CCCC1. The lowest BCUT2D eigenvalue weighted by Gasteiger charge is -2.21. The number of hydrogen-bond acceptors (Lipinski definition) is 5. The number of nitrogens with zero attached hydrogens (tertiary/aromatic N) is 2. The van der Waals surface area contributed by atoms with Crippen molar-refractivity contribution < 1.29 is 14.3 Å². The summed E-state index contributed by atoms with van der Waals surface area (Å²) < 4.78 is 5.19. The Kier molecular flexibility index (Phi) is 5.15. The first kappa shape index (κ1) is 16.5. The van der Waals surface area contributed by atoms with Crippen molar-refractivity contribution in [2.24, 2.45) is 0 Å². The number of furan rings is 1. The van der Waals surface area contributed by atoms with Crippen molar-refractivity contribution >= 4 is 11.7 Å². The van der Waals surface area contributed by atoms with E-state index < -0.39 is 6.10 Å². The number of carbonyl (C=O) groups is 1. The summed E-state index contributed by atoms with van der Waals surface area (Å²) >= 11 is 0. The van der Waals surface area contributed by atoms with Gasteiger partial charge in [-0.2, -0.15) is 0 Å². The van der Waals surface area contributed by atoms with Crippen LogP contribution in [-0.2, 0) is 0 Å². The van der Waals surface area contributed by atoms with Crippen LogP contribution in [0.1, 0.15) is 48.4 Å². The minimum atomic E-state index is -0.734. The van der Waals surface area contributed by atoms with Gasteiger partial charge in [-0.05, 0) is 44.0 Å². The van der Waals surface area contributed by atoms with Crippen LogP contribution in [0.2, 0.25) is 0 Å². The van der Waals surface area contributed by atoms with E-state index in [1.807, 2.05) is 6.92 Å². The van der Waals surface area contributed by atoms with Crippen molar-refractivity contribution in [3.8, 4) is 0 Å². The fourth-order valence-corrected chi connectivity index (χ4v) is 3.05. The summed E-state index contributed by atoms with van der Waals surface area (Å²) in [7, 11) is 0. The van der Waals surface area contributed by atoms with Gasteiger partial charge in [-0.1, -0.05) is 0 Å². The van der Waals surface area contributed by atoms with E-state index >= 15 is 0 Å². The summed E-state index contributed by atoms with van der Waals surface area (Å²) in [5.41, 5.74) is 0.582. The van der Waals surface area contributed by atoms with Crippen LogP contribution in [0.25, 0.3) is 0 Å². The number of anilines is 1. The molecular weight excluding hydrogens is 306 g/mol. The summed E-state index contributed by atoms with van der Waals surface area (Å²) in [5, 5.41) is 13.1. The number of carbonyl (C=O) groups excluding carboxylic acids is 1. The Morgan fingerprint density at radius 3 is 2.88 bits per heavy atom. The van der Waals surface area contributed by atoms with Crippen LogP contribution in [0.3, 0.4) is 0 Å². The minimum absolute atomic E-state index is 0.163. The van der Waals surface area contributed by atoms with Crippen LogP contribution in [-0.4, -0.2) is 35.1 Å². The Labute approximate surface area is 141 Å². The van der Waals surface area contributed by atoms with Crippen LogP contribution in [0, 0.1) is 0 Å². The second kappa shape index (κ2) is 7.49. The van der Waals surface area contributed by atoms with Gasteiger partial charge in [-0.3, -0.25) is 4.79 Å². The van der Waals surface area contributed by atoms with Crippen molar-refractivity contribution in [1.29, 1.82) is 0 Å². The van der Waals surface area contributed by atoms with E-state index in [4.69, 9.17) is 4.42 Å². The monoisotopic (exact) mass is 329 g/mol. The molecule has 3 rings (SSSR count). The van der Waals surface area contributed by atoms with Gasteiger partial charge in [0.1, 0.15) is 17.7 Å². The fourth-order valence-electron chi connectivity index (χ4n) is 3.05. The summed E-state index contributed by atoms with van der Waals surface area (Å²) in [6, 6.07) is 6.85. The quantitative estimate of drug-likeness (QED) is 0.851. The summed E-state index contributed by atoms with van der Waals surface area (Å²) in [6.45, 7) is 3.74. The molecule has 1 amide bonds. The highest BCUT2D eigenvalue weighted by Gasteiger charge is 2.22. The van der Waals surface area contributed by atoms with Crippen LogP contribution >= 0.6 is 0 Å². The fraction of sp³-hybridized carbons (Fsp3) is 0.444. The van der Waals surface area contributed by atoms with E-state index in [0.29, 0.717) is 17.7 Å². The second-order valence-electron chi connectivity index (χ2n) is 6.21. The van der Waals surface area contributed by atoms with Gasteiger partial charge >= 0.3 is 0 Å². The van der Waals surface area contributed by atoms with Crippen molar-refractivity contribution in [3.05, 3.63) is 48.0 Å². The van der Waals surface area contributed by atoms with E-state index in [-0.39, 0.29) is 11.9 Å². The maximum Gasteiger partial charge on any atom is 0.255 e. The molecule has 0 spiro atoms. The van der Waals surface area contributed by atoms with E-state index in [9.17, 15) is 9.90 Å². The molecule has 0 aromatic carbocycles. The molecular formula is C18H23N3O3. The van der Waals surface area contributed by atoms with E-state index in [1.54, 1.807) is 30.5 Å². The minimum Gasteiger partial charge on any atom is -0.467 e. The zero-order chi connectivity index (χ0) is 16.9. The van der Waals surface area contributed by atoms with Gasteiger partial charge in [0, 0.05) is 31.7 Å². The summed E-state index contributed by atoms with van der Waals surface area (Å²) in [6.07, 6.45) is 5.15. The molecule has 2 unspecified atom stereocenters. The molecule has 2 atom stereocenters. The molecule has 1 aliphatic heterocycles. The Balaban J connectivity index is 1.64. The van der Waals surface area contributed by atoms with Crippen LogP contribution in [0.4, 0.5) is 5.82 Å². The molecule has 0 bridgehead atoms. The Hall–Kier alpha value is -2.34. The van der Waals surface area contributed by atoms with Crippen molar-refractivity contribution in [2.75, 3.05) is 18.0 Å². The molecule has 2 N–H and O–H groups in total. The molecule has 2 aromatic heterocycles. The second-order valence-corrected chi connectivity index (χ2v) is 6.21. The molecule has 0 aliphatic carbocycles. The first-order chi connectivity index (χ1) is 11.6. The molecule has 0 radical (unpaired) electrons. The maximum absolute atomic E-state index is 12.6. The van der Waals surface area contributed by atoms with E-state index in [2.05, 4.69) is 15.2 Å². The summed E-state index contributed by atoms with van der Waals surface area (Å²) in [4.78, 5) is 19.2. The van der Waals surface area contributed by atoms with E-state index in [0.717, 1.165) is 31.7 Å². The number of aliphatic hydroxyl groups is 1. The smallest absolute Gasteiger partial charge is 0.255 e. The normalized spacial score (nSPS) is 16.8. The van der Waals surface area contributed by atoms with Gasteiger partial charge in [-0.15, -0.1) is 0 Å². The highest BCUT2D eigenvalue weighted by molar-refractivity contribution is 5.99. The lowest BCUT2D eigenvalue weighted by Crippen LogP contribution is -2.35. The van der Waals surface area contributed by atoms with Crippen LogP contribution in [0.5, 0.6) is 0 Å². The predicted molar refractivity (Wildman–Crippen MR) is 90.9 cm³/mol. The average Bonchev–Trinajstić information content (AvgIpc) is 3.28. The maximum atomic E-state index is 12.6. The molecule has 6 heteroatoms. The zero-order valence-corrected chi connectivity index (χ0v) is 13.8. The Morgan fingerprint density at radius 1 is 1.38 bits per heavy atom. The van der Waals surface area contributed by atoms with Gasteiger partial charge in [0.25, 0.3) is 5.91 Å². The van der Waals surface area contributed by atoms with Gasteiger partial charge < -0.3 is 19.7 Å². The van der Waals surface area contributed by atoms with Gasteiger partial charge in [0.2, 0.25) is 0 Å². The zero-order valence-electron chi connectivity index (χ0n) is 13.8. The first-order valence-corrected chi connectivity index (χ1v) is 8.37. The molecule has 6 nitrogen and oxygen atoms in total. The third kappa shape index (κ3) is 3.76. The van der Waals surface area contributed by atoms with Crippen LogP contribution < -0.4 is 10.2 Å². The molecule has 1 fully saturated rings. The standard InChI is InChI=1S/C18H23N3O3/c1-13(12-15(22)16-7-5-11-24-16)20-18(23)14-6-4-8-19-17(14)21-9-2-3-10-21/h4-8,11,13,15,22H,2-3,9-10,12H2,1H3,(H,20,23). The Bertz CT molecular complexity index is 666. The van der Waals surface area contributed by atoms with Gasteiger partial charge in [-0.25, -0.2) is 4.98 Å². The topological polar surface area (TPSA) is 78.6 Å². The van der Waals surface area contributed by atoms with Gasteiger partial charge in [0.15, 0.2) is 0 Å². The number of pyridine rings is 1. The van der Waals surface area contributed by atoms with Gasteiger partial charge in [0.05, 0.1) is 11.8 Å². The van der Waals surface area contributed by atoms with Crippen LogP contribution in [0.15, 0.2) is 41.1 Å². The average molecular weight is 329 g/mol. The third-order valence-corrected chi connectivity index (χ3v) is 4.26. The summed E-state index contributed by atoms with van der Waals surface area (Å²) in [5.74, 6) is 1.09.